The number of benzene rings is 1. The Balaban J connectivity index is 1.90. The fourth-order valence-electron chi connectivity index (χ4n) is 2.45. The van der Waals surface area contributed by atoms with Crippen molar-refractivity contribution in [2.24, 2.45) is 0 Å². The zero-order valence-electron chi connectivity index (χ0n) is 10.6. The van der Waals surface area contributed by atoms with Crippen molar-refractivity contribution in [2.45, 2.75) is 45.2 Å². The lowest BCUT2D eigenvalue weighted by Crippen LogP contribution is -2.29. The number of halogens is 1. The fraction of sp³-hybridized carbons (Fsp3) is 0.571. The van der Waals surface area contributed by atoms with Gasteiger partial charge in [0, 0.05) is 12.1 Å². The Hall–Kier alpha value is -1.09. The summed E-state index contributed by atoms with van der Waals surface area (Å²) in [5.74, 6) is -0.156. The van der Waals surface area contributed by atoms with Crippen LogP contribution in [0.4, 0.5) is 10.1 Å². The molecule has 1 aliphatic rings. The van der Waals surface area contributed by atoms with E-state index in [9.17, 15) is 4.39 Å². The minimum absolute atomic E-state index is 0.156. The molecule has 2 atom stereocenters. The first-order valence-electron chi connectivity index (χ1n) is 6.41. The second kappa shape index (κ2) is 5.50. The molecule has 1 aromatic carbocycles. The van der Waals surface area contributed by atoms with E-state index in [1.54, 1.807) is 6.07 Å². The molecule has 2 rings (SSSR count). The van der Waals surface area contributed by atoms with Gasteiger partial charge in [-0.3, -0.25) is 0 Å². The first kappa shape index (κ1) is 12.4. The SMILES string of the molecule is Cc1ccc(NC(C)CC2CCCN2)c(F)c1. The summed E-state index contributed by atoms with van der Waals surface area (Å²) in [5, 5.41) is 6.71. The second-order valence-corrected chi connectivity index (χ2v) is 5.06. The van der Waals surface area contributed by atoms with Gasteiger partial charge in [0.15, 0.2) is 0 Å². The van der Waals surface area contributed by atoms with Crippen molar-refractivity contribution in [3.8, 4) is 0 Å². The van der Waals surface area contributed by atoms with E-state index in [-0.39, 0.29) is 5.82 Å². The topological polar surface area (TPSA) is 24.1 Å². The maximum atomic E-state index is 13.6. The predicted molar refractivity (Wildman–Crippen MR) is 69.9 cm³/mol. The van der Waals surface area contributed by atoms with Crippen molar-refractivity contribution in [1.82, 2.24) is 5.32 Å². The lowest BCUT2D eigenvalue weighted by Gasteiger charge is -2.19. The van der Waals surface area contributed by atoms with Crippen molar-refractivity contribution in [3.63, 3.8) is 0 Å². The summed E-state index contributed by atoms with van der Waals surface area (Å²) in [7, 11) is 0. The van der Waals surface area contributed by atoms with E-state index in [0.29, 0.717) is 17.8 Å². The maximum Gasteiger partial charge on any atom is 0.146 e. The minimum atomic E-state index is -0.156. The van der Waals surface area contributed by atoms with E-state index in [1.165, 1.54) is 12.8 Å². The maximum absolute atomic E-state index is 13.6. The molecule has 0 aromatic heterocycles. The third-order valence-electron chi connectivity index (χ3n) is 3.33. The van der Waals surface area contributed by atoms with E-state index in [4.69, 9.17) is 0 Å². The molecule has 1 heterocycles. The van der Waals surface area contributed by atoms with E-state index < -0.39 is 0 Å². The van der Waals surface area contributed by atoms with Crippen LogP contribution < -0.4 is 10.6 Å². The summed E-state index contributed by atoms with van der Waals surface area (Å²) in [6.45, 7) is 5.13. The summed E-state index contributed by atoms with van der Waals surface area (Å²) in [6.07, 6.45) is 3.55. The third kappa shape index (κ3) is 3.43. The van der Waals surface area contributed by atoms with Crippen LogP contribution in [-0.4, -0.2) is 18.6 Å². The molecule has 0 radical (unpaired) electrons. The summed E-state index contributed by atoms with van der Waals surface area (Å²) < 4.78 is 13.6. The van der Waals surface area contributed by atoms with Crippen molar-refractivity contribution < 1.29 is 4.39 Å². The van der Waals surface area contributed by atoms with Crippen molar-refractivity contribution >= 4 is 5.69 Å². The van der Waals surface area contributed by atoms with E-state index in [0.717, 1.165) is 18.5 Å². The summed E-state index contributed by atoms with van der Waals surface area (Å²) in [6, 6.07) is 6.21. The molecule has 3 heteroatoms. The largest absolute Gasteiger partial charge is 0.380 e. The number of anilines is 1. The van der Waals surface area contributed by atoms with Crippen LogP contribution in [0.3, 0.4) is 0 Å². The van der Waals surface area contributed by atoms with Crippen LogP contribution in [0.25, 0.3) is 0 Å². The zero-order chi connectivity index (χ0) is 12.3. The van der Waals surface area contributed by atoms with Crippen LogP contribution in [0, 0.1) is 12.7 Å². The molecule has 2 N–H and O–H groups in total. The van der Waals surface area contributed by atoms with Crippen LogP contribution >= 0.6 is 0 Å². The molecule has 0 bridgehead atoms. The molecule has 94 valence electrons. The summed E-state index contributed by atoms with van der Waals surface area (Å²) in [5.41, 5.74) is 1.57. The molecule has 0 spiro atoms. The van der Waals surface area contributed by atoms with Gasteiger partial charge < -0.3 is 10.6 Å². The highest BCUT2D eigenvalue weighted by atomic mass is 19.1. The van der Waals surface area contributed by atoms with Crippen molar-refractivity contribution in [2.75, 3.05) is 11.9 Å². The van der Waals surface area contributed by atoms with Crippen LogP contribution in [0.1, 0.15) is 31.7 Å². The van der Waals surface area contributed by atoms with Crippen LogP contribution in [0.15, 0.2) is 18.2 Å². The van der Waals surface area contributed by atoms with Crippen LogP contribution in [-0.2, 0) is 0 Å². The quantitative estimate of drug-likeness (QED) is 0.839. The minimum Gasteiger partial charge on any atom is -0.380 e. The normalized spacial score (nSPS) is 21.5. The highest BCUT2D eigenvalue weighted by molar-refractivity contribution is 5.46. The van der Waals surface area contributed by atoms with Gasteiger partial charge in [-0.2, -0.15) is 0 Å². The Kier molecular flexibility index (Phi) is 4.00. The van der Waals surface area contributed by atoms with E-state index >= 15 is 0 Å². The smallest absolute Gasteiger partial charge is 0.146 e. The van der Waals surface area contributed by atoms with Crippen molar-refractivity contribution in [1.29, 1.82) is 0 Å². The van der Waals surface area contributed by atoms with Gasteiger partial charge in [0.05, 0.1) is 5.69 Å². The van der Waals surface area contributed by atoms with Gasteiger partial charge in [-0.25, -0.2) is 4.39 Å². The van der Waals surface area contributed by atoms with Crippen LogP contribution in [0.5, 0.6) is 0 Å². The van der Waals surface area contributed by atoms with Gasteiger partial charge >= 0.3 is 0 Å². The Morgan fingerprint density at radius 2 is 2.35 bits per heavy atom. The zero-order valence-corrected chi connectivity index (χ0v) is 10.6. The predicted octanol–water partition coefficient (Wildman–Crippen LogP) is 3.08. The Labute approximate surface area is 103 Å². The molecule has 0 aliphatic carbocycles. The number of nitrogens with one attached hydrogen (secondary N) is 2. The molecule has 1 aliphatic heterocycles. The molecule has 2 nitrogen and oxygen atoms in total. The van der Waals surface area contributed by atoms with Gasteiger partial charge in [0.1, 0.15) is 5.82 Å². The van der Waals surface area contributed by atoms with Gasteiger partial charge in [0.25, 0.3) is 0 Å². The summed E-state index contributed by atoms with van der Waals surface area (Å²) in [4.78, 5) is 0. The number of hydrogen-bond donors (Lipinski definition) is 2. The van der Waals surface area contributed by atoms with Gasteiger partial charge in [-0.15, -0.1) is 0 Å². The highest BCUT2D eigenvalue weighted by Gasteiger charge is 2.17. The van der Waals surface area contributed by atoms with Gasteiger partial charge in [-0.1, -0.05) is 6.07 Å². The number of rotatable bonds is 4. The first-order chi connectivity index (χ1) is 8.15. The molecular formula is C14H21FN2. The summed E-state index contributed by atoms with van der Waals surface area (Å²) >= 11 is 0. The number of aryl methyl sites for hydroxylation is 1. The third-order valence-corrected chi connectivity index (χ3v) is 3.33. The molecule has 1 saturated heterocycles. The Bertz CT molecular complexity index is 372. The average molecular weight is 236 g/mol. The molecule has 1 fully saturated rings. The lowest BCUT2D eigenvalue weighted by atomic mass is 10.1. The molecule has 17 heavy (non-hydrogen) atoms. The highest BCUT2D eigenvalue weighted by Crippen LogP contribution is 2.18. The lowest BCUT2D eigenvalue weighted by molar-refractivity contribution is 0.521. The average Bonchev–Trinajstić information content (AvgIpc) is 2.75. The van der Waals surface area contributed by atoms with Crippen LogP contribution in [0.2, 0.25) is 0 Å². The Morgan fingerprint density at radius 3 is 3.00 bits per heavy atom. The molecule has 0 amide bonds. The van der Waals surface area contributed by atoms with Gasteiger partial charge in [0.2, 0.25) is 0 Å². The monoisotopic (exact) mass is 236 g/mol. The standard InChI is InChI=1S/C14H21FN2/c1-10-5-6-14(13(15)8-10)17-11(2)9-12-4-3-7-16-12/h5-6,8,11-12,16-17H,3-4,7,9H2,1-2H3. The molecule has 2 unspecified atom stereocenters. The van der Waals surface area contributed by atoms with E-state index in [2.05, 4.69) is 17.6 Å². The molecule has 0 saturated carbocycles. The molecule has 1 aromatic rings. The fourth-order valence-corrected chi connectivity index (χ4v) is 2.45. The molecular weight excluding hydrogens is 215 g/mol. The van der Waals surface area contributed by atoms with Gasteiger partial charge in [-0.05, 0) is 57.4 Å². The van der Waals surface area contributed by atoms with E-state index in [1.807, 2.05) is 19.1 Å². The second-order valence-electron chi connectivity index (χ2n) is 5.06. The first-order valence-corrected chi connectivity index (χ1v) is 6.41. The number of hydrogen-bond acceptors (Lipinski definition) is 2. The Morgan fingerprint density at radius 1 is 1.53 bits per heavy atom. The van der Waals surface area contributed by atoms with Crippen molar-refractivity contribution in [3.05, 3.63) is 29.6 Å².